The molecule has 8 heteroatoms. The lowest BCUT2D eigenvalue weighted by Gasteiger charge is -2.13. The third kappa shape index (κ3) is 4.32. The van der Waals surface area contributed by atoms with Crippen molar-refractivity contribution in [2.75, 3.05) is 0 Å². The molecular weight excluding hydrogens is 377 g/mol. The van der Waals surface area contributed by atoms with Gasteiger partial charge in [-0.25, -0.2) is 0 Å². The third-order valence-electron chi connectivity index (χ3n) is 2.87. The topological polar surface area (TPSA) is 58.2 Å². The number of alkyl halides is 3. The van der Waals surface area contributed by atoms with Crippen LogP contribution in [0.3, 0.4) is 0 Å². The van der Waals surface area contributed by atoms with Crippen LogP contribution in [0.15, 0.2) is 53.0 Å². The summed E-state index contributed by atoms with van der Waals surface area (Å²) in [5.41, 5.74) is 2.65. The van der Waals surface area contributed by atoms with Gasteiger partial charge in [0.1, 0.15) is 0 Å². The Labute approximate surface area is 137 Å². The number of nitrogens with one attached hydrogen (secondary N) is 2. The second kappa shape index (κ2) is 6.82. The second-order valence-electron chi connectivity index (χ2n) is 4.46. The summed E-state index contributed by atoms with van der Waals surface area (Å²) in [7, 11) is 0. The zero-order chi connectivity index (χ0) is 17.0. The van der Waals surface area contributed by atoms with Crippen molar-refractivity contribution in [3.63, 3.8) is 0 Å². The van der Waals surface area contributed by atoms with Crippen molar-refractivity contribution in [3.8, 4) is 0 Å². The summed E-state index contributed by atoms with van der Waals surface area (Å²) in [6.07, 6.45) is -4.66. The lowest BCUT2D eigenvalue weighted by atomic mass is 10.1. The minimum absolute atomic E-state index is 0.248. The summed E-state index contributed by atoms with van der Waals surface area (Å²) >= 11 is 3.21. The van der Waals surface area contributed by atoms with Crippen LogP contribution in [0.4, 0.5) is 13.2 Å². The van der Waals surface area contributed by atoms with E-state index in [0.29, 0.717) is 0 Å². The maximum Gasteiger partial charge on any atom is 0.417 e. The molecule has 0 heterocycles. The summed E-state index contributed by atoms with van der Waals surface area (Å²) in [6.45, 7) is 0. The van der Waals surface area contributed by atoms with Crippen LogP contribution in [0.1, 0.15) is 26.3 Å². The predicted octanol–water partition coefficient (Wildman–Crippen LogP) is 3.54. The molecule has 23 heavy (non-hydrogen) atoms. The number of carbonyl (C=O) groups is 2. The molecule has 0 radical (unpaired) electrons. The van der Waals surface area contributed by atoms with Gasteiger partial charge < -0.3 is 0 Å². The first-order valence-corrected chi connectivity index (χ1v) is 7.11. The normalized spacial score (nSPS) is 11.0. The van der Waals surface area contributed by atoms with Gasteiger partial charge in [-0.2, -0.15) is 13.2 Å². The molecule has 0 unspecified atom stereocenters. The van der Waals surface area contributed by atoms with E-state index >= 15 is 0 Å². The van der Waals surface area contributed by atoms with Crippen LogP contribution in [0.2, 0.25) is 0 Å². The lowest BCUT2D eigenvalue weighted by molar-refractivity contribution is -0.137. The van der Waals surface area contributed by atoms with Gasteiger partial charge in [-0.3, -0.25) is 20.4 Å². The van der Waals surface area contributed by atoms with Gasteiger partial charge in [-0.1, -0.05) is 28.1 Å². The standard InChI is InChI=1S/C15H10BrF3N2O2/c16-10-7-5-9(6-8-10)13(22)20-21-14(23)11-3-1-2-4-12(11)15(17,18)19/h1-8H,(H,20,22)(H,21,23). The second-order valence-corrected chi connectivity index (χ2v) is 5.37. The smallest absolute Gasteiger partial charge is 0.267 e. The van der Waals surface area contributed by atoms with E-state index in [0.717, 1.165) is 16.6 Å². The molecule has 0 fully saturated rings. The van der Waals surface area contributed by atoms with Gasteiger partial charge in [0.05, 0.1) is 11.1 Å². The summed E-state index contributed by atoms with van der Waals surface area (Å²) in [5.74, 6) is -1.70. The molecule has 4 nitrogen and oxygen atoms in total. The minimum Gasteiger partial charge on any atom is -0.267 e. The fourth-order valence-electron chi connectivity index (χ4n) is 1.78. The van der Waals surface area contributed by atoms with Crippen LogP contribution in [0.5, 0.6) is 0 Å². The zero-order valence-electron chi connectivity index (χ0n) is 11.4. The molecule has 2 aromatic carbocycles. The number of hydrogen-bond donors (Lipinski definition) is 2. The van der Waals surface area contributed by atoms with Crippen molar-refractivity contribution >= 4 is 27.7 Å². The first-order valence-electron chi connectivity index (χ1n) is 6.31. The highest BCUT2D eigenvalue weighted by atomic mass is 79.9. The molecule has 0 aliphatic heterocycles. The molecule has 0 atom stereocenters. The molecule has 2 rings (SSSR count). The lowest BCUT2D eigenvalue weighted by Crippen LogP contribution is -2.42. The van der Waals surface area contributed by atoms with E-state index in [-0.39, 0.29) is 5.56 Å². The summed E-state index contributed by atoms with van der Waals surface area (Å²) in [4.78, 5) is 23.7. The van der Waals surface area contributed by atoms with Crippen molar-refractivity contribution in [1.29, 1.82) is 0 Å². The fraction of sp³-hybridized carbons (Fsp3) is 0.0667. The molecule has 0 aromatic heterocycles. The first-order chi connectivity index (χ1) is 10.8. The van der Waals surface area contributed by atoms with Crippen LogP contribution in [-0.2, 0) is 6.18 Å². The van der Waals surface area contributed by atoms with Crippen molar-refractivity contribution in [2.45, 2.75) is 6.18 Å². The van der Waals surface area contributed by atoms with Crippen molar-refractivity contribution in [3.05, 3.63) is 69.7 Å². The molecule has 0 bridgehead atoms. The van der Waals surface area contributed by atoms with Gasteiger partial charge in [0.2, 0.25) is 0 Å². The van der Waals surface area contributed by atoms with Crippen molar-refractivity contribution < 1.29 is 22.8 Å². The number of rotatable bonds is 2. The molecule has 120 valence electrons. The maximum atomic E-state index is 12.8. The van der Waals surface area contributed by atoms with E-state index in [4.69, 9.17) is 0 Å². The van der Waals surface area contributed by atoms with Crippen molar-refractivity contribution in [1.82, 2.24) is 10.9 Å². The molecule has 0 aliphatic rings. The van der Waals surface area contributed by atoms with E-state index in [9.17, 15) is 22.8 Å². The number of amides is 2. The molecule has 0 aliphatic carbocycles. The Bertz CT molecular complexity index is 730. The number of hydrazine groups is 1. The Morgan fingerprint density at radius 1 is 0.870 bits per heavy atom. The summed E-state index contributed by atoms with van der Waals surface area (Å²) in [5, 5.41) is 0. The van der Waals surface area contributed by atoms with Crippen LogP contribution in [0.25, 0.3) is 0 Å². The summed E-state index contributed by atoms with van der Waals surface area (Å²) in [6, 6.07) is 10.5. The number of carbonyl (C=O) groups excluding carboxylic acids is 2. The van der Waals surface area contributed by atoms with Gasteiger partial charge in [-0.05, 0) is 36.4 Å². The number of halogens is 4. The summed E-state index contributed by atoms with van der Waals surface area (Å²) < 4.78 is 39.3. The first kappa shape index (κ1) is 17.0. The molecule has 2 aromatic rings. The van der Waals surface area contributed by atoms with E-state index in [1.165, 1.54) is 24.3 Å². The molecular formula is C15H10BrF3N2O2. The average molecular weight is 387 g/mol. The fourth-order valence-corrected chi connectivity index (χ4v) is 2.05. The predicted molar refractivity (Wildman–Crippen MR) is 80.5 cm³/mol. The molecule has 0 spiro atoms. The van der Waals surface area contributed by atoms with E-state index < -0.39 is 29.1 Å². The van der Waals surface area contributed by atoms with Crippen LogP contribution < -0.4 is 10.9 Å². The largest absolute Gasteiger partial charge is 0.417 e. The Hall–Kier alpha value is -2.35. The average Bonchev–Trinajstić information content (AvgIpc) is 2.52. The number of benzene rings is 2. The Balaban J connectivity index is 2.09. The third-order valence-corrected chi connectivity index (χ3v) is 3.40. The van der Waals surface area contributed by atoms with Gasteiger partial charge in [0, 0.05) is 10.0 Å². The number of hydrogen-bond acceptors (Lipinski definition) is 2. The molecule has 0 saturated heterocycles. The highest BCUT2D eigenvalue weighted by Crippen LogP contribution is 2.31. The minimum atomic E-state index is -4.66. The van der Waals surface area contributed by atoms with Crippen LogP contribution >= 0.6 is 15.9 Å². The van der Waals surface area contributed by atoms with Gasteiger partial charge in [0.25, 0.3) is 11.8 Å². The van der Waals surface area contributed by atoms with Gasteiger partial charge in [0.15, 0.2) is 0 Å². The highest BCUT2D eigenvalue weighted by Gasteiger charge is 2.34. The van der Waals surface area contributed by atoms with E-state index in [1.54, 1.807) is 12.1 Å². The van der Waals surface area contributed by atoms with Gasteiger partial charge in [-0.15, -0.1) is 0 Å². The Morgan fingerprint density at radius 2 is 1.43 bits per heavy atom. The maximum absolute atomic E-state index is 12.8. The Morgan fingerprint density at radius 3 is 2.04 bits per heavy atom. The van der Waals surface area contributed by atoms with Crippen molar-refractivity contribution in [2.24, 2.45) is 0 Å². The van der Waals surface area contributed by atoms with Crippen LogP contribution in [-0.4, -0.2) is 11.8 Å². The molecule has 2 amide bonds. The zero-order valence-corrected chi connectivity index (χ0v) is 13.0. The van der Waals surface area contributed by atoms with Crippen LogP contribution in [0, 0.1) is 0 Å². The SMILES string of the molecule is O=C(NNC(=O)c1ccccc1C(F)(F)F)c1ccc(Br)cc1. The molecule has 0 saturated carbocycles. The molecule has 2 N–H and O–H groups in total. The van der Waals surface area contributed by atoms with E-state index in [2.05, 4.69) is 21.4 Å². The highest BCUT2D eigenvalue weighted by molar-refractivity contribution is 9.10. The quantitative estimate of drug-likeness (QED) is 0.775. The van der Waals surface area contributed by atoms with Gasteiger partial charge >= 0.3 is 6.18 Å². The van der Waals surface area contributed by atoms with E-state index in [1.807, 2.05) is 5.43 Å². The monoisotopic (exact) mass is 386 g/mol. The Kier molecular flexibility index (Phi) is 5.05.